The number of H-pyrrole nitrogens is 1. The topological polar surface area (TPSA) is 46.5 Å². The number of aryl methyl sites for hydroxylation is 1. The lowest BCUT2D eigenvalue weighted by atomic mass is 10.2. The van der Waals surface area contributed by atoms with Crippen molar-refractivity contribution < 1.29 is 0 Å². The Morgan fingerprint density at radius 2 is 2.00 bits per heavy atom. The number of hydrogen-bond acceptors (Lipinski definition) is 4. The van der Waals surface area contributed by atoms with Crippen LogP contribution in [0.1, 0.15) is 63.7 Å². The molecule has 4 nitrogen and oxygen atoms in total. The molecule has 1 N–H and O–H groups in total. The summed E-state index contributed by atoms with van der Waals surface area (Å²) in [6.07, 6.45) is 1.94. The van der Waals surface area contributed by atoms with Gasteiger partial charge in [0.05, 0.1) is 15.6 Å². The fourth-order valence-electron chi connectivity index (χ4n) is 2.09. The molecular formula is C14H22N4S2. The fourth-order valence-corrected chi connectivity index (χ4v) is 3.54. The smallest absolute Gasteiger partial charge is 0.195 e. The van der Waals surface area contributed by atoms with Gasteiger partial charge in [0, 0.05) is 12.0 Å². The van der Waals surface area contributed by atoms with Gasteiger partial charge in [0.25, 0.3) is 0 Å². The normalized spacial score (nSPS) is 13.1. The lowest BCUT2D eigenvalue weighted by Crippen LogP contribution is -2.06. The van der Waals surface area contributed by atoms with Gasteiger partial charge in [-0.2, -0.15) is 5.10 Å². The molecule has 6 heteroatoms. The molecule has 0 saturated carbocycles. The summed E-state index contributed by atoms with van der Waals surface area (Å²) in [7, 11) is 0. The van der Waals surface area contributed by atoms with Crippen molar-refractivity contribution in [2.45, 2.75) is 59.4 Å². The molecular weight excluding hydrogens is 288 g/mol. The highest BCUT2D eigenvalue weighted by Crippen LogP contribution is 2.34. The molecule has 0 aromatic carbocycles. The molecule has 0 fully saturated rings. The molecule has 2 rings (SSSR count). The molecule has 20 heavy (non-hydrogen) atoms. The fraction of sp³-hybridized carbons (Fsp3) is 0.643. The number of nitrogens with one attached hydrogen (secondary N) is 1. The van der Waals surface area contributed by atoms with Gasteiger partial charge in [0.2, 0.25) is 0 Å². The Kier molecular flexibility index (Phi) is 4.75. The number of aromatic amines is 1. The van der Waals surface area contributed by atoms with Gasteiger partial charge in [-0.05, 0) is 32.0 Å². The average molecular weight is 310 g/mol. The number of nitrogens with zero attached hydrogens (tertiary/aromatic N) is 3. The Hall–Kier alpha value is -1.01. The predicted molar refractivity (Wildman–Crippen MR) is 87.0 cm³/mol. The molecule has 0 radical (unpaired) electrons. The van der Waals surface area contributed by atoms with Crippen molar-refractivity contribution >= 4 is 23.6 Å². The van der Waals surface area contributed by atoms with Crippen LogP contribution < -0.4 is 0 Å². The van der Waals surface area contributed by atoms with E-state index in [2.05, 4.69) is 49.4 Å². The van der Waals surface area contributed by atoms with Crippen molar-refractivity contribution in [1.82, 2.24) is 19.7 Å². The zero-order valence-corrected chi connectivity index (χ0v) is 14.4. The lowest BCUT2D eigenvalue weighted by Gasteiger charge is -2.12. The van der Waals surface area contributed by atoms with Gasteiger partial charge < -0.3 is 0 Å². The van der Waals surface area contributed by atoms with Crippen molar-refractivity contribution in [1.29, 1.82) is 0 Å². The molecule has 0 aliphatic heterocycles. The first-order valence-electron chi connectivity index (χ1n) is 7.16. The quantitative estimate of drug-likeness (QED) is 0.813. The average Bonchev–Trinajstić information content (AvgIpc) is 3.00. The summed E-state index contributed by atoms with van der Waals surface area (Å²) in [5, 5.41) is 8.56. The van der Waals surface area contributed by atoms with Crippen molar-refractivity contribution in [3.05, 3.63) is 15.5 Å². The first kappa shape index (κ1) is 15.4. The summed E-state index contributed by atoms with van der Waals surface area (Å²) < 4.78 is 2.81. The van der Waals surface area contributed by atoms with E-state index in [-0.39, 0.29) is 0 Å². The maximum atomic E-state index is 5.38. The van der Waals surface area contributed by atoms with Crippen molar-refractivity contribution in [3.8, 4) is 10.7 Å². The summed E-state index contributed by atoms with van der Waals surface area (Å²) in [5.41, 5.74) is 1.12. The highest BCUT2D eigenvalue weighted by atomic mass is 32.1. The molecule has 2 aromatic heterocycles. The summed E-state index contributed by atoms with van der Waals surface area (Å²) in [6, 6.07) is 0.338. The van der Waals surface area contributed by atoms with E-state index in [0.717, 1.165) is 29.2 Å². The van der Waals surface area contributed by atoms with Crippen LogP contribution in [0.25, 0.3) is 10.7 Å². The van der Waals surface area contributed by atoms with Crippen LogP contribution in [0.5, 0.6) is 0 Å². The minimum atomic E-state index is 0.338. The van der Waals surface area contributed by atoms with Gasteiger partial charge in [0.1, 0.15) is 0 Å². The van der Waals surface area contributed by atoms with Crippen LogP contribution in [0.4, 0.5) is 0 Å². The van der Waals surface area contributed by atoms with E-state index in [1.54, 1.807) is 11.3 Å². The van der Waals surface area contributed by atoms with Crippen molar-refractivity contribution in [2.24, 2.45) is 0 Å². The van der Waals surface area contributed by atoms with Gasteiger partial charge in [-0.3, -0.25) is 9.67 Å². The molecule has 2 aromatic rings. The number of thiazole rings is 1. The van der Waals surface area contributed by atoms with E-state index in [0.29, 0.717) is 16.7 Å². The second kappa shape index (κ2) is 6.18. The van der Waals surface area contributed by atoms with Gasteiger partial charge in [-0.1, -0.05) is 27.7 Å². The monoisotopic (exact) mass is 310 g/mol. The molecule has 2 heterocycles. The van der Waals surface area contributed by atoms with E-state index >= 15 is 0 Å². The molecule has 0 aliphatic rings. The highest BCUT2D eigenvalue weighted by molar-refractivity contribution is 7.71. The molecule has 0 bridgehead atoms. The number of hydrogen-bond donors (Lipinski definition) is 1. The molecule has 1 unspecified atom stereocenters. The summed E-state index contributed by atoms with van der Waals surface area (Å²) in [6.45, 7) is 10.8. The second-order valence-corrected chi connectivity index (χ2v) is 6.73. The molecule has 0 amide bonds. The third-order valence-corrected chi connectivity index (χ3v) is 5.16. The van der Waals surface area contributed by atoms with Crippen LogP contribution in [0.2, 0.25) is 0 Å². The van der Waals surface area contributed by atoms with E-state index < -0.39 is 0 Å². The molecule has 0 aliphatic carbocycles. The van der Waals surface area contributed by atoms with Crippen molar-refractivity contribution in [3.63, 3.8) is 0 Å². The van der Waals surface area contributed by atoms with Crippen LogP contribution in [-0.4, -0.2) is 19.7 Å². The van der Waals surface area contributed by atoms with Gasteiger partial charge in [-0.25, -0.2) is 4.98 Å². The molecule has 1 atom stereocenters. The van der Waals surface area contributed by atoms with Crippen LogP contribution in [-0.2, 0) is 6.42 Å². The first-order chi connectivity index (χ1) is 9.49. The minimum Gasteiger partial charge on any atom is -0.297 e. The van der Waals surface area contributed by atoms with Crippen LogP contribution in [0.15, 0.2) is 0 Å². The first-order valence-corrected chi connectivity index (χ1v) is 8.38. The van der Waals surface area contributed by atoms with Gasteiger partial charge in [-0.15, -0.1) is 11.3 Å². The number of aromatic nitrogens is 4. The van der Waals surface area contributed by atoms with Crippen LogP contribution >= 0.6 is 23.6 Å². The Balaban J connectivity index is 2.59. The van der Waals surface area contributed by atoms with Crippen LogP contribution in [0, 0.1) is 4.77 Å². The third kappa shape index (κ3) is 2.72. The zero-order valence-electron chi connectivity index (χ0n) is 12.7. The molecule has 110 valence electrons. The predicted octanol–water partition coefficient (Wildman–Crippen LogP) is 4.72. The largest absolute Gasteiger partial charge is 0.297 e. The second-order valence-electron chi connectivity index (χ2n) is 5.32. The Morgan fingerprint density at radius 1 is 1.30 bits per heavy atom. The highest BCUT2D eigenvalue weighted by Gasteiger charge is 2.20. The van der Waals surface area contributed by atoms with Gasteiger partial charge >= 0.3 is 0 Å². The SMILES string of the molecule is CCc1nc(C(C)C)sc1-c1n[nH]c(=S)n1C(C)CC. The maximum absolute atomic E-state index is 5.38. The van der Waals surface area contributed by atoms with Crippen LogP contribution in [0.3, 0.4) is 0 Å². The van der Waals surface area contributed by atoms with E-state index in [1.807, 2.05) is 0 Å². The summed E-state index contributed by atoms with van der Waals surface area (Å²) in [5.74, 6) is 1.38. The summed E-state index contributed by atoms with van der Waals surface area (Å²) in [4.78, 5) is 5.91. The van der Waals surface area contributed by atoms with E-state index in [4.69, 9.17) is 17.2 Å². The Bertz CT molecular complexity index is 636. The molecule has 0 saturated heterocycles. The zero-order chi connectivity index (χ0) is 14.9. The van der Waals surface area contributed by atoms with Crippen molar-refractivity contribution in [2.75, 3.05) is 0 Å². The Labute approximate surface area is 129 Å². The maximum Gasteiger partial charge on any atom is 0.195 e. The minimum absolute atomic E-state index is 0.338. The molecule has 0 spiro atoms. The standard InChI is InChI=1S/C14H22N4S2/c1-6-9(5)18-12(16-17-14(18)19)11-10(7-2)15-13(20-11)8(3)4/h8-9H,6-7H2,1-5H3,(H,17,19). The third-order valence-electron chi connectivity index (χ3n) is 3.48. The number of rotatable bonds is 5. The van der Waals surface area contributed by atoms with E-state index in [1.165, 1.54) is 5.01 Å². The summed E-state index contributed by atoms with van der Waals surface area (Å²) >= 11 is 7.12. The Morgan fingerprint density at radius 3 is 2.55 bits per heavy atom. The van der Waals surface area contributed by atoms with Gasteiger partial charge in [0.15, 0.2) is 10.6 Å². The van der Waals surface area contributed by atoms with E-state index in [9.17, 15) is 0 Å². The lowest BCUT2D eigenvalue weighted by molar-refractivity contribution is 0.529.